The lowest BCUT2D eigenvalue weighted by Gasteiger charge is -2.13. The van der Waals surface area contributed by atoms with Crippen molar-refractivity contribution in [2.45, 2.75) is 5.03 Å². The Morgan fingerprint density at radius 1 is 1.23 bits per heavy atom. The van der Waals surface area contributed by atoms with E-state index in [1.54, 1.807) is 12.5 Å². The number of nitrogens with one attached hydrogen (secondary N) is 1. The van der Waals surface area contributed by atoms with Gasteiger partial charge in [-0.3, -0.25) is 9.71 Å². The third-order valence-corrected chi connectivity index (χ3v) is 3.69. The van der Waals surface area contributed by atoms with Crippen molar-refractivity contribution in [3.8, 4) is 5.69 Å². The second-order valence-corrected chi connectivity index (χ2v) is 4.98. The summed E-state index contributed by atoms with van der Waals surface area (Å²) >= 11 is 0.992. The van der Waals surface area contributed by atoms with Crippen molar-refractivity contribution in [1.82, 2.24) is 20.1 Å². The average Bonchev–Trinajstić information content (AvgIpc) is 2.98. The summed E-state index contributed by atoms with van der Waals surface area (Å²) in [5, 5.41) is 10.1. The number of hydrazone groups is 1. The van der Waals surface area contributed by atoms with Gasteiger partial charge in [-0.25, -0.2) is 21.3 Å². The van der Waals surface area contributed by atoms with E-state index in [1.807, 2.05) is 34.9 Å². The molecule has 3 aromatic rings. The predicted molar refractivity (Wildman–Crippen MR) is 87.0 cm³/mol. The molecular formula is C13H14N8S. The number of hydrogen-bond donors (Lipinski definition) is 4. The van der Waals surface area contributed by atoms with Crippen molar-refractivity contribution in [3.05, 3.63) is 48.4 Å². The van der Waals surface area contributed by atoms with Crippen LogP contribution in [0.25, 0.3) is 16.7 Å². The Morgan fingerprint density at radius 2 is 2.05 bits per heavy atom. The standard InChI is InChI=1S/C13H14N8S/c14-12(19-20-15)11-10(5-6-17-13(11)22-16)21-7-18-8-3-1-2-4-9(8)21/h1-7,20H,15-16H2,(H2,14,19). The first kappa shape index (κ1) is 14.3. The Hall–Kier alpha value is -2.62. The summed E-state index contributed by atoms with van der Waals surface area (Å²) in [5.74, 6) is 5.41. The Balaban J connectivity index is 2.29. The smallest absolute Gasteiger partial charge is 0.157 e. The lowest BCUT2D eigenvalue weighted by Crippen LogP contribution is -2.25. The second-order valence-electron chi connectivity index (χ2n) is 4.36. The van der Waals surface area contributed by atoms with Crippen LogP contribution in [0, 0.1) is 0 Å². The Labute approximate surface area is 130 Å². The van der Waals surface area contributed by atoms with Crippen LogP contribution >= 0.6 is 11.9 Å². The molecule has 0 saturated heterocycles. The van der Waals surface area contributed by atoms with Gasteiger partial charge in [0.2, 0.25) is 0 Å². The topological polar surface area (TPSA) is 133 Å². The molecule has 3 rings (SSSR count). The van der Waals surface area contributed by atoms with Crippen molar-refractivity contribution in [3.63, 3.8) is 0 Å². The number of fused-ring (bicyclic) bond motifs is 1. The van der Waals surface area contributed by atoms with Gasteiger partial charge in [-0.15, -0.1) is 5.10 Å². The lowest BCUT2D eigenvalue weighted by molar-refractivity contribution is 0.802. The van der Waals surface area contributed by atoms with Crippen LogP contribution in [0.15, 0.2) is 53.0 Å². The van der Waals surface area contributed by atoms with Crippen LogP contribution in [0.2, 0.25) is 0 Å². The Morgan fingerprint density at radius 3 is 2.82 bits per heavy atom. The summed E-state index contributed by atoms with van der Waals surface area (Å²) in [6, 6.07) is 9.60. The summed E-state index contributed by atoms with van der Waals surface area (Å²) in [5.41, 5.74) is 11.4. The summed E-state index contributed by atoms with van der Waals surface area (Å²) < 4.78 is 1.91. The van der Waals surface area contributed by atoms with Gasteiger partial charge in [0.15, 0.2) is 5.84 Å². The molecule has 0 radical (unpaired) electrons. The molecule has 0 bridgehead atoms. The van der Waals surface area contributed by atoms with Crippen LogP contribution in [0.5, 0.6) is 0 Å². The molecule has 2 heterocycles. The molecule has 0 saturated carbocycles. The van der Waals surface area contributed by atoms with Gasteiger partial charge in [0, 0.05) is 6.20 Å². The molecule has 0 aliphatic rings. The number of rotatable bonds is 4. The zero-order valence-corrected chi connectivity index (χ0v) is 12.3. The number of nitrogens with two attached hydrogens (primary N) is 3. The van der Waals surface area contributed by atoms with Crippen molar-refractivity contribution in [1.29, 1.82) is 0 Å². The zero-order valence-electron chi connectivity index (χ0n) is 11.5. The maximum atomic E-state index is 6.00. The first-order valence-corrected chi connectivity index (χ1v) is 7.21. The predicted octanol–water partition coefficient (Wildman–Crippen LogP) is 0.470. The van der Waals surface area contributed by atoms with E-state index in [9.17, 15) is 0 Å². The molecule has 1 aromatic carbocycles. The van der Waals surface area contributed by atoms with Crippen molar-refractivity contribution >= 4 is 28.8 Å². The maximum absolute atomic E-state index is 6.00. The van der Waals surface area contributed by atoms with Gasteiger partial charge in [-0.2, -0.15) is 0 Å². The fourth-order valence-corrected chi connectivity index (χ4v) is 2.69. The van der Waals surface area contributed by atoms with E-state index in [-0.39, 0.29) is 5.84 Å². The minimum Gasteiger partial charge on any atom is -0.382 e. The van der Waals surface area contributed by atoms with Crippen molar-refractivity contribution in [2.75, 3.05) is 0 Å². The number of benzene rings is 1. The van der Waals surface area contributed by atoms with Crippen LogP contribution in [-0.4, -0.2) is 20.4 Å². The number of aromatic nitrogens is 3. The van der Waals surface area contributed by atoms with Gasteiger partial charge in [-0.05, 0) is 30.1 Å². The minimum absolute atomic E-state index is 0.191. The molecular weight excluding hydrogens is 300 g/mol. The van der Waals surface area contributed by atoms with Crippen LogP contribution in [-0.2, 0) is 0 Å². The molecule has 0 spiro atoms. The molecule has 0 aliphatic heterocycles. The molecule has 2 aromatic heterocycles. The molecule has 22 heavy (non-hydrogen) atoms. The van der Waals surface area contributed by atoms with Crippen LogP contribution in [0.1, 0.15) is 5.56 Å². The number of amidine groups is 1. The van der Waals surface area contributed by atoms with E-state index in [2.05, 4.69) is 20.6 Å². The van der Waals surface area contributed by atoms with Gasteiger partial charge < -0.3 is 5.73 Å². The Bertz CT molecular complexity index is 841. The van der Waals surface area contributed by atoms with Crippen LogP contribution in [0.3, 0.4) is 0 Å². The number of imidazole rings is 1. The third-order valence-electron chi connectivity index (χ3n) is 3.16. The second kappa shape index (κ2) is 6.02. The monoisotopic (exact) mass is 314 g/mol. The molecule has 7 N–H and O–H groups in total. The highest BCUT2D eigenvalue weighted by Crippen LogP contribution is 2.25. The summed E-state index contributed by atoms with van der Waals surface area (Å²) in [6.07, 6.45) is 3.38. The largest absolute Gasteiger partial charge is 0.382 e. The molecule has 0 unspecified atom stereocenters. The summed E-state index contributed by atoms with van der Waals surface area (Å²) in [4.78, 5) is 8.61. The number of para-hydroxylation sites is 2. The quantitative estimate of drug-likeness (QED) is 0.181. The molecule has 8 nitrogen and oxygen atoms in total. The van der Waals surface area contributed by atoms with Gasteiger partial charge >= 0.3 is 0 Å². The van der Waals surface area contributed by atoms with E-state index < -0.39 is 0 Å². The maximum Gasteiger partial charge on any atom is 0.157 e. The first-order chi connectivity index (χ1) is 10.8. The van der Waals surface area contributed by atoms with E-state index in [0.29, 0.717) is 10.6 Å². The van der Waals surface area contributed by atoms with Crippen molar-refractivity contribution < 1.29 is 0 Å². The van der Waals surface area contributed by atoms with Gasteiger partial charge in [0.05, 0.1) is 22.3 Å². The van der Waals surface area contributed by atoms with E-state index in [1.165, 1.54) is 0 Å². The number of nitrogens with zero attached hydrogens (tertiary/aromatic N) is 4. The van der Waals surface area contributed by atoms with Crippen molar-refractivity contribution in [2.24, 2.45) is 21.8 Å². The molecule has 112 valence electrons. The highest BCUT2D eigenvalue weighted by atomic mass is 32.2. The van der Waals surface area contributed by atoms with Gasteiger partial charge in [0.25, 0.3) is 0 Å². The summed E-state index contributed by atoms with van der Waals surface area (Å²) in [7, 11) is 0. The molecule has 0 amide bonds. The fraction of sp³-hybridized carbons (Fsp3) is 0. The number of hydrazine groups is 1. The molecule has 0 atom stereocenters. The van der Waals surface area contributed by atoms with Crippen LogP contribution in [0.4, 0.5) is 0 Å². The number of hydrogen-bond acceptors (Lipinski definition) is 7. The normalized spacial score (nSPS) is 11.8. The zero-order chi connectivity index (χ0) is 15.5. The van der Waals surface area contributed by atoms with E-state index >= 15 is 0 Å². The molecule has 9 heteroatoms. The molecule has 0 aliphatic carbocycles. The highest BCUT2D eigenvalue weighted by Gasteiger charge is 2.16. The Kier molecular flexibility index (Phi) is 3.92. The van der Waals surface area contributed by atoms with Gasteiger partial charge in [-0.1, -0.05) is 12.1 Å². The van der Waals surface area contributed by atoms with Crippen LogP contribution < -0.4 is 22.3 Å². The first-order valence-electron chi connectivity index (χ1n) is 6.33. The average molecular weight is 314 g/mol. The lowest BCUT2D eigenvalue weighted by atomic mass is 10.2. The van der Waals surface area contributed by atoms with E-state index in [0.717, 1.165) is 28.7 Å². The number of pyridine rings is 1. The SMILES string of the molecule is NN/N=C(\N)c1c(-n2cnc3ccccc32)ccnc1SN. The molecule has 0 fully saturated rings. The minimum atomic E-state index is 0.191. The van der Waals surface area contributed by atoms with E-state index in [4.69, 9.17) is 16.7 Å². The fourth-order valence-electron chi connectivity index (χ4n) is 2.24. The summed E-state index contributed by atoms with van der Waals surface area (Å²) in [6.45, 7) is 0. The third kappa shape index (κ3) is 2.37. The highest BCUT2D eigenvalue weighted by molar-refractivity contribution is 7.97. The van der Waals surface area contributed by atoms with Gasteiger partial charge in [0.1, 0.15) is 11.4 Å².